The molecule has 0 atom stereocenters. The highest BCUT2D eigenvalue weighted by Crippen LogP contribution is 2.29. The first-order chi connectivity index (χ1) is 8.32. The van der Waals surface area contributed by atoms with E-state index in [1.165, 1.54) is 11.9 Å². The van der Waals surface area contributed by atoms with Crippen molar-refractivity contribution in [2.75, 3.05) is 18.5 Å². The number of nitrogens with zero attached hydrogens (tertiary/aromatic N) is 2. The van der Waals surface area contributed by atoms with E-state index < -0.39 is 28.2 Å². The molecule has 18 heavy (non-hydrogen) atoms. The van der Waals surface area contributed by atoms with Crippen LogP contribution >= 0.6 is 0 Å². The molecular weight excluding hydrogens is 250 g/mol. The fraction of sp³-hybridized carbons (Fsp3) is 0.300. The fourth-order valence-corrected chi connectivity index (χ4v) is 1.36. The molecule has 1 aromatic rings. The third-order valence-corrected chi connectivity index (χ3v) is 2.29. The lowest BCUT2D eigenvalue weighted by Crippen LogP contribution is -2.22. The summed E-state index contributed by atoms with van der Waals surface area (Å²) in [4.78, 5) is 21.4. The Morgan fingerprint density at radius 3 is 2.50 bits per heavy atom. The Morgan fingerprint density at radius 2 is 2.00 bits per heavy atom. The lowest BCUT2D eigenvalue weighted by atomic mass is 10.2. The minimum absolute atomic E-state index is 0.0543. The van der Waals surface area contributed by atoms with Crippen LogP contribution in [0, 0.1) is 21.7 Å². The van der Waals surface area contributed by atoms with Gasteiger partial charge in [0.15, 0.2) is 11.6 Å². The van der Waals surface area contributed by atoms with E-state index in [-0.39, 0.29) is 18.7 Å². The fourth-order valence-electron chi connectivity index (χ4n) is 1.36. The molecule has 0 amide bonds. The van der Waals surface area contributed by atoms with Crippen LogP contribution in [0.25, 0.3) is 0 Å². The Hall–Kier alpha value is -2.25. The van der Waals surface area contributed by atoms with Gasteiger partial charge in [0.2, 0.25) is 0 Å². The summed E-state index contributed by atoms with van der Waals surface area (Å²) in [6.45, 7) is -0.0543. The molecule has 0 aliphatic rings. The molecule has 0 unspecified atom stereocenters. The molecule has 1 rings (SSSR count). The first-order valence-electron chi connectivity index (χ1n) is 4.89. The SMILES string of the molecule is CN(CCC(=O)O)c1cc(F)c(F)cc1[N+](=O)[O-]. The molecule has 0 saturated heterocycles. The molecule has 98 valence electrons. The highest BCUT2D eigenvalue weighted by atomic mass is 19.2. The van der Waals surface area contributed by atoms with Crippen LogP contribution in [0.3, 0.4) is 0 Å². The van der Waals surface area contributed by atoms with Gasteiger partial charge in [-0.05, 0) is 0 Å². The van der Waals surface area contributed by atoms with E-state index in [9.17, 15) is 23.7 Å². The molecule has 0 spiro atoms. The Kier molecular flexibility index (Phi) is 4.13. The Balaban J connectivity index is 3.09. The number of anilines is 1. The number of nitro groups is 1. The second-order valence-electron chi connectivity index (χ2n) is 3.58. The van der Waals surface area contributed by atoms with E-state index in [1.54, 1.807) is 0 Å². The summed E-state index contributed by atoms with van der Waals surface area (Å²) in [5, 5.41) is 19.2. The number of hydrogen-bond donors (Lipinski definition) is 1. The van der Waals surface area contributed by atoms with Crippen molar-refractivity contribution in [3.05, 3.63) is 33.9 Å². The molecule has 0 radical (unpaired) electrons. The van der Waals surface area contributed by atoms with E-state index in [0.717, 1.165) is 0 Å². The van der Waals surface area contributed by atoms with Crippen LogP contribution in [-0.2, 0) is 4.79 Å². The molecule has 1 N–H and O–H groups in total. The summed E-state index contributed by atoms with van der Waals surface area (Å²) >= 11 is 0. The summed E-state index contributed by atoms with van der Waals surface area (Å²) in [5.74, 6) is -3.64. The minimum Gasteiger partial charge on any atom is -0.481 e. The van der Waals surface area contributed by atoms with Crippen molar-refractivity contribution in [2.24, 2.45) is 0 Å². The summed E-state index contributed by atoms with van der Waals surface area (Å²) in [6.07, 6.45) is -0.271. The summed E-state index contributed by atoms with van der Waals surface area (Å²) in [6, 6.07) is 1.15. The highest BCUT2D eigenvalue weighted by molar-refractivity contribution is 5.69. The van der Waals surface area contributed by atoms with Crippen LogP contribution < -0.4 is 4.90 Å². The summed E-state index contributed by atoms with van der Waals surface area (Å²) in [7, 11) is 1.36. The standard InChI is InChI=1S/C10H10F2N2O4/c1-13(3-2-10(15)16)8-4-6(11)7(12)5-9(8)14(17)18/h4-5H,2-3H2,1H3,(H,15,16). The van der Waals surface area contributed by atoms with Gasteiger partial charge in [0.1, 0.15) is 5.69 Å². The molecule has 6 nitrogen and oxygen atoms in total. The van der Waals surface area contributed by atoms with Gasteiger partial charge in [0.25, 0.3) is 5.69 Å². The molecule has 0 aromatic heterocycles. The van der Waals surface area contributed by atoms with Crippen molar-refractivity contribution >= 4 is 17.3 Å². The predicted octanol–water partition coefficient (Wildman–Crippen LogP) is 1.78. The summed E-state index contributed by atoms with van der Waals surface area (Å²) in [5.41, 5.74) is -0.776. The molecule has 0 aliphatic carbocycles. The van der Waals surface area contributed by atoms with Crippen molar-refractivity contribution in [3.63, 3.8) is 0 Å². The van der Waals surface area contributed by atoms with Gasteiger partial charge in [0.05, 0.1) is 17.4 Å². The van der Waals surface area contributed by atoms with Gasteiger partial charge in [-0.2, -0.15) is 0 Å². The van der Waals surface area contributed by atoms with Crippen LogP contribution in [0.5, 0.6) is 0 Å². The van der Waals surface area contributed by atoms with Crippen molar-refractivity contribution in [1.29, 1.82) is 0 Å². The number of carboxylic acid groups (broad SMARTS) is 1. The quantitative estimate of drug-likeness (QED) is 0.644. The van der Waals surface area contributed by atoms with Crippen LogP contribution in [0.1, 0.15) is 6.42 Å². The predicted molar refractivity (Wildman–Crippen MR) is 58.5 cm³/mol. The van der Waals surface area contributed by atoms with Gasteiger partial charge in [-0.15, -0.1) is 0 Å². The Morgan fingerprint density at radius 1 is 1.44 bits per heavy atom. The summed E-state index contributed by atoms with van der Waals surface area (Å²) < 4.78 is 25.9. The third-order valence-electron chi connectivity index (χ3n) is 2.29. The molecule has 0 heterocycles. The minimum atomic E-state index is -1.32. The first-order valence-corrected chi connectivity index (χ1v) is 4.89. The Bertz CT molecular complexity index is 493. The lowest BCUT2D eigenvalue weighted by molar-refractivity contribution is -0.384. The van der Waals surface area contributed by atoms with Gasteiger partial charge in [-0.1, -0.05) is 0 Å². The number of hydrogen-bond acceptors (Lipinski definition) is 4. The molecule has 1 aromatic carbocycles. The van der Waals surface area contributed by atoms with Gasteiger partial charge >= 0.3 is 5.97 Å². The lowest BCUT2D eigenvalue weighted by Gasteiger charge is -2.18. The van der Waals surface area contributed by atoms with E-state index in [2.05, 4.69) is 0 Å². The maximum atomic E-state index is 13.0. The first kappa shape index (κ1) is 13.8. The topological polar surface area (TPSA) is 83.7 Å². The second kappa shape index (κ2) is 5.39. The largest absolute Gasteiger partial charge is 0.481 e. The van der Waals surface area contributed by atoms with Gasteiger partial charge in [0, 0.05) is 19.7 Å². The smallest absolute Gasteiger partial charge is 0.305 e. The number of rotatable bonds is 5. The molecular formula is C10H10F2N2O4. The maximum Gasteiger partial charge on any atom is 0.305 e. The molecule has 0 saturated carbocycles. The number of carbonyl (C=O) groups is 1. The third kappa shape index (κ3) is 3.12. The monoisotopic (exact) mass is 260 g/mol. The van der Waals surface area contributed by atoms with Gasteiger partial charge in [-0.3, -0.25) is 14.9 Å². The number of carboxylic acids is 1. The highest BCUT2D eigenvalue weighted by Gasteiger charge is 2.21. The van der Waals surface area contributed by atoms with E-state index in [4.69, 9.17) is 5.11 Å². The zero-order valence-corrected chi connectivity index (χ0v) is 9.39. The average molecular weight is 260 g/mol. The zero-order valence-electron chi connectivity index (χ0n) is 9.39. The maximum absolute atomic E-state index is 13.0. The zero-order chi connectivity index (χ0) is 13.9. The number of benzene rings is 1. The number of halogens is 2. The van der Waals surface area contributed by atoms with Gasteiger partial charge in [-0.25, -0.2) is 8.78 Å². The van der Waals surface area contributed by atoms with Crippen molar-refractivity contribution in [3.8, 4) is 0 Å². The van der Waals surface area contributed by atoms with E-state index in [0.29, 0.717) is 12.1 Å². The van der Waals surface area contributed by atoms with Crippen LogP contribution in [0.4, 0.5) is 20.2 Å². The molecule has 8 heteroatoms. The van der Waals surface area contributed by atoms with Crippen molar-refractivity contribution < 1.29 is 23.6 Å². The Labute approximate surface area is 101 Å². The van der Waals surface area contributed by atoms with Crippen LogP contribution in [-0.4, -0.2) is 29.6 Å². The van der Waals surface area contributed by atoms with Crippen molar-refractivity contribution in [1.82, 2.24) is 0 Å². The molecule has 0 fully saturated rings. The van der Waals surface area contributed by atoms with E-state index >= 15 is 0 Å². The molecule has 0 aliphatic heterocycles. The van der Waals surface area contributed by atoms with Crippen molar-refractivity contribution in [2.45, 2.75) is 6.42 Å². The van der Waals surface area contributed by atoms with Gasteiger partial charge < -0.3 is 10.0 Å². The second-order valence-corrected chi connectivity index (χ2v) is 3.58. The number of aliphatic carboxylic acids is 1. The average Bonchev–Trinajstić information content (AvgIpc) is 2.28. The number of nitro benzene ring substituents is 1. The van der Waals surface area contributed by atoms with E-state index in [1.807, 2.05) is 0 Å². The van der Waals surface area contributed by atoms with Crippen LogP contribution in [0.15, 0.2) is 12.1 Å². The normalized spacial score (nSPS) is 10.2. The van der Waals surface area contributed by atoms with Crippen LogP contribution in [0.2, 0.25) is 0 Å². The molecule has 0 bridgehead atoms.